The number of hydrogen-bond donors (Lipinski definition) is 1. The van der Waals surface area contributed by atoms with E-state index in [1.807, 2.05) is 11.0 Å². The number of rotatable bonds is 9. The highest BCUT2D eigenvalue weighted by Crippen LogP contribution is 2.15. The van der Waals surface area contributed by atoms with Gasteiger partial charge in [0.15, 0.2) is 0 Å². The molecule has 1 heterocycles. The number of aliphatic hydroxyl groups is 1. The summed E-state index contributed by atoms with van der Waals surface area (Å²) >= 11 is 1.74. The van der Waals surface area contributed by atoms with Crippen LogP contribution in [0, 0.1) is 0 Å². The van der Waals surface area contributed by atoms with Gasteiger partial charge < -0.3 is 10.0 Å². The zero-order chi connectivity index (χ0) is 14.1. The molecule has 0 bridgehead atoms. The molecule has 0 aliphatic carbocycles. The molecule has 108 valence electrons. The standard InChI is InChI=1S/C15H25NO2S/c1-3-13(4-2)16(10-11-17)15(18)9-5-7-14-8-6-12-19-14/h6,8,12-13,17H,3-5,7,9-11H2,1-2H3. The van der Waals surface area contributed by atoms with Crippen LogP contribution in [0.2, 0.25) is 0 Å². The highest BCUT2D eigenvalue weighted by molar-refractivity contribution is 7.09. The van der Waals surface area contributed by atoms with E-state index in [-0.39, 0.29) is 18.6 Å². The fourth-order valence-corrected chi connectivity index (χ4v) is 3.11. The lowest BCUT2D eigenvalue weighted by atomic mass is 10.1. The van der Waals surface area contributed by atoms with Crippen molar-refractivity contribution in [1.82, 2.24) is 4.90 Å². The Morgan fingerprint density at radius 2 is 2.16 bits per heavy atom. The predicted octanol–water partition coefficient (Wildman–Crippen LogP) is 3.08. The first-order valence-corrected chi connectivity index (χ1v) is 8.03. The van der Waals surface area contributed by atoms with Crippen molar-refractivity contribution in [3.63, 3.8) is 0 Å². The maximum Gasteiger partial charge on any atom is 0.222 e. The summed E-state index contributed by atoms with van der Waals surface area (Å²) in [4.78, 5) is 15.4. The molecule has 0 aromatic carbocycles. The van der Waals surface area contributed by atoms with Crippen molar-refractivity contribution < 1.29 is 9.90 Å². The molecule has 0 saturated heterocycles. The van der Waals surface area contributed by atoms with E-state index in [1.165, 1.54) is 4.88 Å². The van der Waals surface area contributed by atoms with Crippen LogP contribution in [0.4, 0.5) is 0 Å². The van der Waals surface area contributed by atoms with Gasteiger partial charge in [-0.2, -0.15) is 0 Å². The first-order valence-electron chi connectivity index (χ1n) is 7.15. The Kier molecular flexibility index (Phi) is 7.75. The van der Waals surface area contributed by atoms with E-state index >= 15 is 0 Å². The Balaban J connectivity index is 2.42. The first-order chi connectivity index (χ1) is 9.22. The third-order valence-electron chi connectivity index (χ3n) is 3.44. The van der Waals surface area contributed by atoms with E-state index in [1.54, 1.807) is 11.3 Å². The summed E-state index contributed by atoms with van der Waals surface area (Å²) < 4.78 is 0. The molecule has 4 heteroatoms. The van der Waals surface area contributed by atoms with Crippen molar-refractivity contribution in [2.75, 3.05) is 13.2 Å². The van der Waals surface area contributed by atoms with Gasteiger partial charge in [-0.25, -0.2) is 0 Å². The van der Waals surface area contributed by atoms with E-state index in [0.717, 1.165) is 25.7 Å². The Hall–Kier alpha value is -0.870. The van der Waals surface area contributed by atoms with Crippen LogP contribution in [-0.2, 0) is 11.2 Å². The Morgan fingerprint density at radius 1 is 1.42 bits per heavy atom. The minimum atomic E-state index is 0.0488. The largest absolute Gasteiger partial charge is 0.395 e. The molecule has 19 heavy (non-hydrogen) atoms. The Morgan fingerprint density at radius 3 is 2.68 bits per heavy atom. The fraction of sp³-hybridized carbons (Fsp3) is 0.667. The lowest BCUT2D eigenvalue weighted by molar-refractivity contribution is -0.134. The Bertz CT molecular complexity index is 347. The van der Waals surface area contributed by atoms with E-state index in [2.05, 4.69) is 25.3 Å². The van der Waals surface area contributed by atoms with Crippen LogP contribution in [-0.4, -0.2) is 35.1 Å². The molecular weight excluding hydrogens is 258 g/mol. The molecule has 1 aromatic heterocycles. The first kappa shape index (κ1) is 16.2. The Labute approximate surface area is 120 Å². The average Bonchev–Trinajstić information content (AvgIpc) is 2.92. The predicted molar refractivity (Wildman–Crippen MR) is 80.4 cm³/mol. The van der Waals surface area contributed by atoms with Gasteiger partial charge in [-0.1, -0.05) is 19.9 Å². The number of nitrogens with zero attached hydrogens (tertiary/aromatic N) is 1. The van der Waals surface area contributed by atoms with Gasteiger partial charge in [0.1, 0.15) is 0 Å². The van der Waals surface area contributed by atoms with E-state index in [0.29, 0.717) is 13.0 Å². The lowest BCUT2D eigenvalue weighted by Gasteiger charge is -2.30. The zero-order valence-electron chi connectivity index (χ0n) is 12.0. The molecule has 0 radical (unpaired) electrons. The average molecular weight is 283 g/mol. The minimum absolute atomic E-state index is 0.0488. The van der Waals surface area contributed by atoms with Crippen molar-refractivity contribution >= 4 is 17.2 Å². The van der Waals surface area contributed by atoms with E-state index in [9.17, 15) is 4.79 Å². The monoisotopic (exact) mass is 283 g/mol. The molecule has 1 N–H and O–H groups in total. The van der Waals surface area contributed by atoms with Crippen molar-refractivity contribution in [1.29, 1.82) is 0 Å². The second kappa shape index (κ2) is 9.10. The molecule has 0 fully saturated rings. The smallest absolute Gasteiger partial charge is 0.222 e. The van der Waals surface area contributed by atoms with Gasteiger partial charge in [-0.15, -0.1) is 11.3 Å². The number of hydrogen-bond acceptors (Lipinski definition) is 3. The van der Waals surface area contributed by atoms with Crippen LogP contribution in [0.25, 0.3) is 0 Å². The van der Waals surface area contributed by atoms with Crippen LogP contribution < -0.4 is 0 Å². The quantitative estimate of drug-likeness (QED) is 0.756. The van der Waals surface area contributed by atoms with E-state index < -0.39 is 0 Å². The molecule has 0 atom stereocenters. The molecule has 3 nitrogen and oxygen atoms in total. The number of thiophene rings is 1. The molecular formula is C15H25NO2S. The molecule has 0 saturated carbocycles. The summed E-state index contributed by atoms with van der Waals surface area (Å²) in [7, 11) is 0. The topological polar surface area (TPSA) is 40.5 Å². The van der Waals surface area contributed by atoms with Crippen molar-refractivity contribution in [2.45, 2.75) is 52.0 Å². The molecule has 0 spiro atoms. The number of aliphatic hydroxyl groups excluding tert-OH is 1. The van der Waals surface area contributed by atoms with Crippen molar-refractivity contribution in [3.05, 3.63) is 22.4 Å². The number of carbonyl (C=O) groups is 1. The number of amides is 1. The molecule has 0 aliphatic heterocycles. The van der Waals surface area contributed by atoms with Crippen LogP contribution in [0.3, 0.4) is 0 Å². The summed E-state index contributed by atoms with van der Waals surface area (Å²) in [5, 5.41) is 11.2. The summed E-state index contributed by atoms with van der Waals surface area (Å²) in [6.07, 6.45) is 4.34. The minimum Gasteiger partial charge on any atom is -0.395 e. The van der Waals surface area contributed by atoms with Gasteiger partial charge in [0.25, 0.3) is 0 Å². The highest BCUT2D eigenvalue weighted by atomic mass is 32.1. The van der Waals surface area contributed by atoms with Gasteiger partial charge in [-0.05, 0) is 37.1 Å². The number of aryl methyl sites for hydroxylation is 1. The second-order valence-corrected chi connectivity index (χ2v) is 5.75. The maximum atomic E-state index is 12.2. The van der Waals surface area contributed by atoms with Gasteiger partial charge in [0.2, 0.25) is 5.91 Å². The fourth-order valence-electron chi connectivity index (χ4n) is 2.36. The van der Waals surface area contributed by atoms with Gasteiger partial charge >= 0.3 is 0 Å². The van der Waals surface area contributed by atoms with Crippen LogP contribution >= 0.6 is 11.3 Å². The molecule has 0 aliphatic rings. The number of carbonyl (C=O) groups excluding carboxylic acids is 1. The molecule has 1 aromatic rings. The van der Waals surface area contributed by atoms with Crippen LogP contribution in [0.15, 0.2) is 17.5 Å². The van der Waals surface area contributed by atoms with Crippen LogP contribution in [0.1, 0.15) is 44.4 Å². The zero-order valence-corrected chi connectivity index (χ0v) is 12.8. The molecule has 1 rings (SSSR count). The van der Waals surface area contributed by atoms with Crippen LogP contribution in [0.5, 0.6) is 0 Å². The SMILES string of the molecule is CCC(CC)N(CCO)C(=O)CCCc1cccs1. The molecule has 1 amide bonds. The van der Waals surface area contributed by atoms with Gasteiger partial charge in [0.05, 0.1) is 6.61 Å². The van der Waals surface area contributed by atoms with Crippen molar-refractivity contribution in [2.24, 2.45) is 0 Å². The highest BCUT2D eigenvalue weighted by Gasteiger charge is 2.19. The normalized spacial score (nSPS) is 10.9. The van der Waals surface area contributed by atoms with Gasteiger partial charge in [0, 0.05) is 23.9 Å². The summed E-state index contributed by atoms with van der Waals surface area (Å²) in [5.74, 6) is 0.180. The summed E-state index contributed by atoms with van der Waals surface area (Å²) in [5.41, 5.74) is 0. The van der Waals surface area contributed by atoms with E-state index in [4.69, 9.17) is 5.11 Å². The third-order valence-corrected chi connectivity index (χ3v) is 4.37. The lowest BCUT2D eigenvalue weighted by Crippen LogP contribution is -2.41. The van der Waals surface area contributed by atoms with Crippen molar-refractivity contribution in [3.8, 4) is 0 Å². The van der Waals surface area contributed by atoms with Gasteiger partial charge in [-0.3, -0.25) is 4.79 Å². The summed E-state index contributed by atoms with van der Waals surface area (Å²) in [6.45, 7) is 4.70. The summed E-state index contributed by atoms with van der Waals surface area (Å²) in [6, 6.07) is 4.42. The third kappa shape index (κ3) is 5.33. The molecule has 0 unspecified atom stereocenters. The second-order valence-electron chi connectivity index (χ2n) is 4.71. The maximum absolute atomic E-state index is 12.2.